The molecule has 0 aromatic rings. The molecule has 1 aliphatic rings. The summed E-state index contributed by atoms with van der Waals surface area (Å²) in [6.45, 7) is 10.0. The first-order valence-electron chi connectivity index (χ1n) is 18.7. The number of aliphatic hydroxyl groups excluding tert-OH is 1. The number of unbranched alkanes of at least 4 members (excludes halogenated alkanes) is 14. The van der Waals surface area contributed by atoms with E-state index in [9.17, 15) is 9.90 Å². The van der Waals surface area contributed by atoms with E-state index in [4.69, 9.17) is 4.74 Å². The van der Waals surface area contributed by atoms with E-state index in [2.05, 4.69) is 25.7 Å². The predicted octanol–water partition coefficient (Wildman–Crippen LogP) is 10.6. The molecule has 244 valence electrons. The summed E-state index contributed by atoms with van der Waals surface area (Å²) in [7, 11) is 0. The number of esters is 1. The minimum Gasteiger partial charge on any atom is -0.462 e. The largest absolute Gasteiger partial charge is 0.462 e. The zero-order valence-corrected chi connectivity index (χ0v) is 28.2. The highest BCUT2D eigenvalue weighted by atomic mass is 16.5. The molecule has 0 amide bonds. The van der Waals surface area contributed by atoms with E-state index in [1.165, 1.54) is 135 Å². The van der Waals surface area contributed by atoms with Crippen LogP contribution in [0, 0.1) is 11.8 Å². The van der Waals surface area contributed by atoms with Crippen molar-refractivity contribution in [1.29, 1.82) is 0 Å². The normalized spacial score (nSPS) is 15.0. The molecule has 1 fully saturated rings. The maximum absolute atomic E-state index is 12.5. The first-order valence-corrected chi connectivity index (χ1v) is 18.7. The highest BCUT2D eigenvalue weighted by molar-refractivity contribution is 5.69. The molecule has 1 rings (SSSR count). The van der Waals surface area contributed by atoms with E-state index in [-0.39, 0.29) is 18.7 Å². The van der Waals surface area contributed by atoms with Gasteiger partial charge in [-0.05, 0) is 69.9 Å². The Morgan fingerprint density at radius 3 is 1.73 bits per heavy atom. The molecule has 0 heterocycles. The van der Waals surface area contributed by atoms with Crippen molar-refractivity contribution < 1.29 is 14.6 Å². The standard InChI is InChI=1S/C37H73NO3/c1-4-7-10-11-14-19-26-36(35-28-29-35)41-37(40)27-20-16-22-31-38(32-33-39)30-21-15-12-13-18-25-34(23-9-6-3)24-17-8-5-2/h34-36,39H,4-33H2,1-3H3. The van der Waals surface area contributed by atoms with Gasteiger partial charge in [0.2, 0.25) is 0 Å². The van der Waals surface area contributed by atoms with Gasteiger partial charge in [-0.1, -0.05) is 136 Å². The maximum atomic E-state index is 12.5. The quantitative estimate of drug-likeness (QED) is 0.0636. The number of rotatable bonds is 32. The second-order valence-corrected chi connectivity index (χ2v) is 13.4. The van der Waals surface area contributed by atoms with E-state index >= 15 is 0 Å². The van der Waals surface area contributed by atoms with Gasteiger partial charge in [0, 0.05) is 13.0 Å². The van der Waals surface area contributed by atoms with Crippen molar-refractivity contribution in [2.24, 2.45) is 11.8 Å². The van der Waals surface area contributed by atoms with E-state index in [1.807, 2.05) is 0 Å². The topological polar surface area (TPSA) is 49.8 Å². The fourth-order valence-electron chi connectivity index (χ4n) is 6.38. The van der Waals surface area contributed by atoms with Crippen LogP contribution >= 0.6 is 0 Å². The molecule has 4 nitrogen and oxygen atoms in total. The average molecular weight is 580 g/mol. The minimum atomic E-state index is 0.0257. The Labute approximate surface area is 257 Å². The molecule has 0 aromatic heterocycles. The minimum absolute atomic E-state index is 0.0257. The van der Waals surface area contributed by atoms with Crippen LogP contribution < -0.4 is 0 Å². The molecule has 1 saturated carbocycles. The van der Waals surface area contributed by atoms with Crippen molar-refractivity contribution in [2.75, 3.05) is 26.2 Å². The van der Waals surface area contributed by atoms with E-state index in [0.717, 1.165) is 51.2 Å². The van der Waals surface area contributed by atoms with Crippen molar-refractivity contribution in [3.63, 3.8) is 0 Å². The van der Waals surface area contributed by atoms with Crippen LogP contribution in [-0.2, 0) is 9.53 Å². The van der Waals surface area contributed by atoms with Gasteiger partial charge in [0.25, 0.3) is 0 Å². The molecule has 41 heavy (non-hydrogen) atoms. The zero-order chi connectivity index (χ0) is 29.8. The third-order valence-corrected chi connectivity index (χ3v) is 9.31. The fraction of sp³-hybridized carbons (Fsp3) is 0.973. The molecule has 1 aliphatic carbocycles. The lowest BCUT2D eigenvalue weighted by Gasteiger charge is -2.21. The zero-order valence-electron chi connectivity index (χ0n) is 28.2. The van der Waals surface area contributed by atoms with Gasteiger partial charge in [0.15, 0.2) is 0 Å². The van der Waals surface area contributed by atoms with Crippen molar-refractivity contribution in [3.8, 4) is 0 Å². The van der Waals surface area contributed by atoms with Gasteiger partial charge < -0.3 is 14.7 Å². The van der Waals surface area contributed by atoms with Gasteiger partial charge >= 0.3 is 5.97 Å². The molecule has 0 bridgehead atoms. The van der Waals surface area contributed by atoms with E-state index in [1.54, 1.807) is 0 Å². The molecule has 2 unspecified atom stereocenters. The molecule has 4 heteroatoms. The Morgan fingerprint density at radius 1 is 0.634 bits per heavy atom. The Hall–Kier alpha value is -0.610. The van der Waals surface area contributed by atoms with Crippen LogP contribution in [0.25, 0.3) is 0 Å². The Kier molecular flexibility index (Phi) is 26.4. The van der Waals surface area contributed by atoms with Crippen LogP contribution in [0.15, 0.2) is 0 Å². The number of nitrogens with zero attached hydrogens (tertiary/aromatic N) is 1. The van der Waals surface area contributed by atoms with Crippen LogP contribution in [-0.4, -0.2) is 48.3 Å². The Balaban J connectivity index is 2.09. The first-order chi connectivity index (χ1) is 20.1. The molecule has 0 aromatic carbocycles. The SMILES string of the molecule is CCCCCCCCC(OC(=O)CCCCCN(CCO)CCCCCCCC(CCCC)CCCCC)C1CC1. The number of ether oxygens (including phenoxy) is 1. The second-order valence-electron chi connectivity index (χ2n) is 13.4. The van der Waals surface area contributed by atoms with Gasteiger partial charge in [-0.15, -0.1) is 0 Å². The number of carbonyl (C=O) groups is 1. The molecular weight excluding hydrogens is 506 g/mol. The van der Waals surface area contributed by atoms with Crippen LogP contribution in [0.5, 0.6) is 0 Å². The van der Waals surface area contributed by atoms with Gasteiger partial charge in [0.1, 0.15) is 6.10 Å². The highest BCUT2D eigenvalue weighted by Gasteiger charge is 2.33. The molecule has 2 atom stereocenters. The fourth-order valence-corrected chi connectivity index (χ4v) is 6.38. The van der Waals surface area contributed by atoms with Gasteiger partial charge in [-0.3, -0.25) is 4.79 Å². The van der Waals surface area contributed by atoms with Gasteiger partial charge in [-0.2, -0.15) is 0 Å². The number of hydrogen-bond acceptors (Lipinski definition) is 4. The Bertz CT molecular complexity index is 564. The van der Waals surface area contributed by atoms with Crippen LogP contribution in [0.4, 0.5) is 0 Å². The van der Waals surface area contributed by atoms with Crippen LogP contribution in [0.1, 0.15) is 188 Å². The summed E-state index contributed by atoms with van der Waals surface area (Å²) < 4.78 is 5.93. The average Bonchev–Trinajstić information content (AvgIpc) is 3.81. The predicted molar refractivity (Wildman–Crippen MR) is 177 cm³/mol. The molecule has 0 saturated heterocycles. The number of aliphatic hydroxyl groups is 1. The summed E-state index contributed by atoms with van der Waals surface area (Å²) in [5.74, 6) is 1.63. The first kappa shape index (κ1) is 38.4. The third-order valence-electron chi connectivity index (χ3n) is 9.31. The number of carbonyl (C=O) groups excluding carboxylic acids is 1. The monoisotopic (exact) mass is 580 g/mol. The lowest BCUT2D eigenvalue weighted by molar-refractivity contribution is -0.150. The van der Waals surface area contributed by atoms with Gasteiger partial charge in [-0.25, -0.2) is 0 Å². The van der Waals surface area contributed by atoms with Crippen LogP contribution in [0.2, 0.25) is 0 Å². The molecular formula is C37H73NO3. The van der Waals surface area contributed by atoms with Crippen molar-refractivity contribution in [3.05, 3.63) is 0 Å². The maximum Gasteiger partial charge on any atom is 0.306 e. The second kappa shape index (κ2) is 28.2. The van der Waals surface area contributed by atoms with Gasteiger partial charge in [0.05, 0.1) is 6.61 Å². The molecule has 1 N–H and O–H groups in total. The van der Waals surface area contributed by atoms with Crippen molar-refractivity contribution >= 4 is 5.97 Å². The highest BCUT2D eigenvalue weighted by Crippen LogP contribution is 2.37. The van der Waals surface area contributed by atoms with Crippen molar-refractivity contribution in [1.82, 2.24) is 4.90 Å². The lowest BCUT2D eigenvalue weighted by atomic mass is 9.90. The lowest BCUT2D eigenvalue weighted by Crippen LogP contribution is -2.29. The van der Waals surface area contributed by atoms with Crippen LogP contribution in [0.3, 0.4) is 0 Å². The summed E-state index contributed by atoms with van der Waals surface area (Å²) in [6.07, 6.45) is 33.1. The van der Waals surface area contributed by atoms with E-state index in [0.29, 0.717) is 12.3 Å². The summed E-state index contributed by atoms with van der Waals surface area (Å²) in [5, 5.41) is 9.52. The smallest absolute Gasteiger partial charge is 0.306 e. The van der Waals surface area contributed by atoms with Crippen molar-refractivity contribution in [2.45, 2.75) is 194 Å². The summed E-state index contributed by atoms with van der Waals surface area (Å²) in [5.41, 5.74) is 0. The molecule has 0 aliphatic heterocycles. The summed E-state index contributed by atoms with van der Waals surface area (Å²) in [4.78, 5) is 14.9. The molecule has 0 radical (unpaired) electrons. The third kappa shape index (κ3) is 23.5. The van der Waals surface area contributed by atoms with E-state index < -0.39 is 0 Å². The summed E-state index contributed by atoms with van der Waals surface area (Å²) >= 11 is 0. The number of hydrogen-bond donors (Lipinski definition) is 1. The molecule has 0 spiro atoms. The summed E-state index contributed by atoms with van der Waals surface area (Å²) in [6, 6.07) is 0. The Morgan fingerprint density at radius 2 is 1.12 bits per heavy atom.